The molecule has 1 aromatic rings. The molecule has 0 fully saturated rings. The molecule has 0 aliphatic rings. The number of hydrogen-bond acceptors (Lipinski definition) is 1. The summed E-state index contributed by atoms with van der Waals surface area (Å²) in [6, 6.07) is 0. The van der Waals surface area contributed by atoms with E-state index < -0.39 is 41.0 Å². The Hall–Kier alpha value is -1.24. The monoisotopic (exact) mass is 216 g/mol. The number of rotatable bonds is 1. The first-order valence-corrected chi connectivity index (χ1v) is 3.21. The third kappa shape index (κ3) is 1.43. The molecular formula is C7H2F6O. The normalized spacial score (nSPS) is 13.1. The van der Waals surface area contributed by atoms with Gasteiger partial charge in [0, 0.05) is 0 Å². The van der Waals surface area contributed by atoms with Crippen LogP contribution in [0.25, 0.3) is 0 Å². The fraction of sp³-hybridized carbons (Fsp3) is 0.143. The van der Waals surface area contributed by atoms with Gasteiger partial charge in [0.1, 0.15) is 0 Å². The van der Waals surface area contributed by atoms with E-state index in [1.807, 2.05) is 0 Å². The summed E-state index contributed by atoms with van der Waals surface area (Å²) in [4.78, 5) is 0. The highest BCUT2D eigenvalue weighted by atomic mass is 19.2. The molecule has 0 spiro atoms. The van der Waals surface area contributed by atoms with E-state index in [1.165, 1.54) is 0 Å². The minimum atomic E-state index is -3.26. The Kier molecular flexibility index (Phi) is 2.70. The van der Waals surface area contributed by atoms with Crippen LogP contribution in [0, 0.1) is 29.1 Å². The maximum atomic E-state index is 12.5. The fourth-order valence-electron chi connectivity index (χ4n) is 0.831. The second-order valence-corrected chi connectivity index (χ2v) is 2.32. The van der Waals surface area contributed by atoms with Crippen molar-refractivity contribution in [3.63, 3.8) is 0 Å². The quantitative estimate of drug-likeness (QED) is 0.434. The number of aliphatic hydroxyl groups is 1. The lowest BCUT2D eigenvalue weighted by atomic mass is 10.1. The molecule has 1 unspecified atom stereocenters. The predicted molar refractivity (Wildman–Crippen MR) is 32.3 cm³/mol. The van der Waals surface area contributed by atoms with Crippen molar-refractivity contribution in [2.75, 3.05) is 0 Å². The zero-order chi connectivity index (χ0) is 11.0. The first-order chi connectivity index (χ1) is 6.37. The van der Waals surface area contributed by atoms with Gasteiger partial charge in [0.05, 0.1) is 5.56 Å². The van der Waals surface area contributed by atoms with Crippen LogP contribution >= 0.6 is 0 Å². The van der Waals surface area contributed by atoms with Gasteiger partial charge in [0.25, 0.3) is 0 Å². The van der Waals surface area contributed by atoms with Crippen LogP contribution in [0.4, 0.5) is 26.3 Å². The summed E-state index contributed by atoms with van der Waals surface area (Å²) in [7, 11) is 0. The fourth-order valence-corrected chi connectivity index (χ4v) is 0.831. The highest BCUT2D eigenvalue weighted by Crippen LogP contribution is 2.27. The molecule has 1 nitrogen and oxygen atoms in total. The molecule has 0 radical (unpaired) electrons. The Morgan fingerprint density at radius 1 is 0.714 bits per heavy atom. The Bertz CT molecular complexity index is 346. The summed E-state index contributed by atoms with van der Waals surface area (Å²) in [6.07, 6.45) is -3.26. The molecule has 1 atom stereocenters. The Morgan fingerprint density at radius 3 is 1.29 bits per heavy atom. The molecule has 1 aromatic carbocycles. The zero-order valence-electron chi connectivity index (χ0n) is 6.29. The first kappa shape index (κ1) is 10.8. The van der Waals surface area contributed by atoms with Crippen LogP contribution in [-0.4, -0.2) is 5.11 Å². The van der Waals surface area contributed by atoms with Crippen LogP contribution in [0.2, 0.25) is 0 Å². The SMILES string of the molecule is OC(F)c1c(F)c(F)c(F)c(F)c1F. The maximum absolute atomic E-state index is 12.5. The summed E-state index contributed by atoms with van der Waals surface area (Å²) >= 11 is 0. The maximum Gasteiger partial charge on any atom is 0.228 e. The molecule has 0 bridgehead atoms. The molecule has 0 aromatic heterocycles. The van der Waals surface area contributed by atoms with Crippen molar-refractivity contribution in [3.8, 4) is 0 Å². The van der Waals surface area contributed by atoms with Crippen LogP contribution < -0.4 is 0 Å². The van der Waals surface area contributed by atoms with Crippen molar-refractivity contribution >= 4 is 0 Å². The Balaban J connectivity index is 3.60. The van der Waals surface area contributed by atoms with Crippen LogP contribution in [0.15, 0.2) is 0 Å². The molecule has 7 heteroatoms. The second kappa shape index (κ2) is 3.49. The topological polar surface area (TPSA) is 20.2 Å². The van der Waals surface area contributed by atoms with Crippen molar-refractivity contribution in [1.82, 2.24) is 0 Å². The van der Waals surface area contributed by atoms with Crippen molar-refractivity contribution in [2.45, 2.75) is 6.36 Å². The van der Waals surface area contributed by atoms with Gasteiger partial charge >= 0.3 is 0 Å². The van der Waals surface area contributed by atoms with E-state index in [0.29, 0.717) is 0 Å². The van der Waals surface area contributed by atoms with Crippen molar-refractivity contribution < 1.29 is 31.4 Å². The molecule has 0 saturated heterocycles. The highest BCUT2D eigenvalue weighted by molar-refractivity contribution is 5.24. The predicted octanol–water partition coefficient (Wildman–Crippen LogP) is 2.34. The van der Waals surface area contributed by atoms with E-state index in [9.17, 15) is 26.3 Å². The average molecular weight is 216 g/mol. The zero-order valence-corrected chi connectivity index (χ0v) is 6.29. The second-order valence-electron chi connectivity index (χ2n) is 2.32. The highest BCUT2D eigenvalue weighted by Gasteiger charge is 2.29. The molecule has 0 aliphatic carbocycles. The van der Waals surface area contributed by atoms with Crippen molar-refractivity contribution in [1.29, 1.82) is 0 Å². The number of alkyl halides is 1. The molecular weight excluding hydrogens is 214 g/mol. The third-order valence-corrected chi connectivity index (χ3v) is 1.48. The van der Waals surface area contributed by atoms with Crippen molar-refractivity contribution in [2.24, 2.45) is 0 Å². The smallest absolute Gasteiger partial charge is 0.228 e. The largest absolute Gasteiger partial charge is 0.360 e. The first-order valence-electron chi connectivity index (χ1n) is 3.21. The van der Waals surface area contributed by atoms with E-state index in [2.05, 4.69) is 0 Å². The van der Waals surface area contributed by atoms with Gasteiger partial charge in [-0.15, -0.1) is 0 Å². The van der Waals surface area contributed by atoms with Gasteiger partial charge in [-0.05, 0) is 0 Å². The van der Waals surface area contributed by atoms with E-state index in [4.69, 9.17) is 5.11 Å². The molecule has 0 saturated carbocycles. The lowest BCUT2D eigenvalue weighted by Crippen LogP contribution is -2.08. The lowest BCUT2D eigenvalue weighted by molar-refractivity contribution is 0.0325. The summed E-state index contributed by atoms with van der Waals surface area (Å²) in [5, 5.41) is 8.12. The van der Waals surface area contributed by atoms with Gasteiger partial charge in [-0.2, -0.15) is 0 Å². The lowest BCUT2D eigenvalue weighted by Gasteiger charge is -2.07. The molecule has 14 heavy (non-hydrogen) atoms. The van der Waals surface area contributed by atoms with Gasteiger partial charge in [-0.3, -0.25) is 0 Å². The summed E-state index contributed by atoms with van der Waals surface area (Å²) in [6.45, 7) is 0. The van der Waals surface area contributed by atoms with E-state index in [0.717, 1.165) is 0 Å². The Morgan fingerprint density at radius 2 is 1.00 bits per heavy atom. The molecule has 1 rings (SSSR count). The summed E-state index contributed by atoms with van der Waals surface area (Å²) in [5.74, 6) is -11.7. The Labute approximate surface area is 73.6 Å². The van der Waals surface area contributed by atoms with Gasteiger partial charge in [-0.25, -0.2) is 26.3 Å². The summed E-state index contributed by atoms with van der Waals surface area (Å²) in [5.41, 5.74) is -1.89. The molecule has 0 aliphatic heterocycles. The van der Waals surface area contributed by atoms with Crippen LogP contribution in [-0.2, 0) is 0 Å². The van der Waals surface area contributed by atoms with Gasteiger partial charge < -0.3 is 5.11 Å². The molecule has 78 valence electrons. The molecule has 0 heterocycles. The standard InChI is InChI=1S/C7H2F6O/c8-2-1(7(13)14)3(9)5(11)6(12)4(2)10/h7,14H. The van der Waals surface area contributed by atoms with Gasteiger partial charge in [0.15, 0.2) is 23.3 Å². The van der Waals surface area contributed by atoms with Crippen molar-refractivity contribution in [3.05, 3.63) is 34.6 Å². The van der Waals surface area contributed by atoms with Crippen LogP contribution in [0.5, 0.6) is 0 Å². The van der Waals surface area contributed by atoms with E-state index in [-0.39, 0.29) is 0 Å². The van der Waals surface area contributed by atoms with Crippen LogP contribution in [0.3, 0.4) is 0 Å². The number of hydrogen-bond donors (Lipinski definition) is 1. The van der Waals surface area contributed by atoms with E-state index in [1.54, 1.807) is 0 Å². The molecule has 1 N–H and O–H groups in total. The van der Waals surface area contributed by atoms with Crippen LogP contribution in [0.1, 0.15) is 11.9 Å². The number of halogens is 6. The number of aliphatic hydroxyl groups excluding tert-OH is 1. The third-order valence-electron chi connectivity index (χ3n) is 1.48. The minimum absolute atomic E-state index is 1.89. The minimum Gasteiger partial charge on any atom is -0.360 e. The van der Waals surface area contributed by atoms with Gasteiger partial charge in [-0.1, -0.05) is 0 Å². The molecule has 0 amide bonds. The average Bonchev–Trinajstić information content (AvgIpc) is 2.11. The van der Waals surface area contributed by atoms with E-state index >= 15 is 0 Å². The number of benzene rings is 1. The van der Waals surface area contributed by atoms with Gasteiger partial charge in [0.2, 0.25) is 12.2 Å². The summed E-state index contributed by atoms with van der Waals surface area (Å²) < 4.78 is 74.1.